The van der Waals surface area contributed by atoms with Gasteiger partial charge in [0.1, 0.15) is 5.82 Å². The van der Waals surface area contributed by atoms with Crippen LogP contribution in [0.2, 0.25) is 4.34 Å². The van der Waals surface area contributed by atoms with E-state index in [1.54, 1.807) is 13.0 Å². The molecule has 0 aliphatic rings. The molecule has 20 heavy (non-hydrogen) atoms. The summed E-state index contributed by atoms with van der Waals surface area (Å²) in [6.07, 6.45) is 1.00. The predicted molar refractivity (Wildman–Crippen MR) is 85.3 cm³/mol. The van der Waals surface area contributed by atoms with Gasteiger partial charge in [0.05, 0.1) is 10.4 Å². The first-order valence-corrected chi connectivity index (χ1v) is 7.98. The SMILES string of the molecule is CCCNC(c1cc(C)c(Cl)s1)c1cccc(C)c1F. The second-order valence-electron chi connectivity index (χ2n) is 4.97. The summed E-state index contributed by atoms with van der Waals surface area (Å²) in [6.45, 7) is 6.71. The molecule has 0 aliphatic heterocycles. The molecule has 0 fully saturated rings. The number of halogens is 2. The van der Waals surface area contributed by atoms with E-state index in [2.05, 4.69) is 12.2 Å². The van der Waals surface area contributed by atoms with Crippen molar-refractivity contribution >= 4 is 22.9 Å². The molecule has 0 amide bonds. The number of thiophene rings is 1. The maximum absolute atomic E-state index is 14.4. The van der Waals surface area contributed by atoms with Crippen molar-refractivity contribution < 1.29 is 4.39 Å². The van der Waals surface area contributed by atoms with Crippen molar-refractivity contribution in [1.82, 2.24) is 5.32 Å². The first kappa shape index (κ1) is 15.5. The Morgan fingerprint density at radius 2 is 2.05 bits per heavy atom. The van der Waals surface area contributed by atoms with E-state index in [9.17, 15) is 4.39 Å². The summed E-state index contributed by atoms with van der Waals surface area (Å²) >= 11 is 7.68. The molecular formula is C16H19ClFNS. The van der Waals surface area contributed by atoms with Gasteiger partial charge in [-0.1, -0.05) is 36.7 Å². The van der Waals surface area contributed by atoms with Crippen LogP contribution in [0.3, 0.4) is 0 Å². The molecule has 1 heterocycles. The lowest BCUT2D eigenvalue weighted by atomic mass is 10.0. The summed E-state index contributed by atoms with van der Waals surface area (Å²) in [6, 6.07) is 7.45. The minimum atomic E-state index is -0.136. The summed E-state index contributed by atoms with van der Waals surface area (Å²) in [5, 5.41) is 3.42. The Morgan fingerprint density at radius 1 is 1.30 bits per heavy atom. The molecule has 1 atom stereocenters. The fourth-order valence-electron chi connectivity index (χ4n) is 2.17. The Morgan fingerprint density at radius 3 is 2.65 bits per heavy atom. The summed E-state index contributed by atoms with van der Waals surface area (Å²) in [4.78, 5) is 1.06. The molecule has 0 aliphatic carbocycles. The van der Waals surface area contributed by atoms with E-state index in [1.165, 1.54) is 11.3 Å². The van der Waals surface area contributed by atoms with Gasteiger partial charge in [-0.05, 0) is 44.0 Å². The second-order valence-corrected chi connectivity index (χ2v) is 6.66. The van der Waals surface area contributed by atoms with E-state index >= 15 is 0 Å². The molecule has 0 saturated heterocycles. The van der Waals surface area contributed by atoms with E-state index in [4.69, 9.17) is 11.6 Å². The van der Waals surface area contributed by atoms with Crippen molar-refractivity contribution in [3.05, 3.63) is 56.0 Å². The fraction of sp³-hybridized carbons (Fsp3) is 0.375. The maximum Gasteiger partial charge on any atom is 0.131 e. The van der Waals surface area contributed by atoms with Gasteiger partial charge in [0.2, 0.25) is 0 Å². The van der Waals surface area contributed by atoms with Crippen LogP contribution in [0.5, 0.6) is 0 Å². The Bertz CT molecular complexity index is 575. The largest absolute Gasteiger partial charge is 0.306 e. The van der Waals surface area contributed by atoms with Crippen LogP contribution in [0.4, 0.5) is 4.39 Å². The monoisotopic (exact) mass is 311 g/mol. The first-order valence-electron chi connectivity index (χ1n) is 6.78. The topological polar surface area (TPSA) is 12.0 Å². The Labute approximate surface area is 128 Å². The zero-order chi connectivity index (χ0) is 14.7. The Kier molecular flexibility index (Phi) is 5.19. The molecular weight excluding hydrogens is 293 g/mol. The van der Waals surface area contributed by atoms with Crippen LogP contribution >= 0.6 is 22.9 Å². The molecule has 0 radical (unpaired) electrons. The molecule has 1 nitrogen and oxygen atoms in total. The molecule has 108 valence electrons. The van der Waals surface area contributed by atoms with Gasteiger partial charge >= 0.3 is 0 Å². The molecule has 1 unspecified atom stereocenters. The van der Waals surface area contributed by atoms with Crippen molar-refractivity contribution in [2.24, 2.45) is 0 Å². The number of hydrogen-bond acceptors (Lipinski definition) is 2. The highest BCUT2D eigenvalue weighted by molar-refractivity contribution is 7.16. The van der Waals surface area contributed by atoms with Crippen molar-refractivity contribution in [3.8, 4) is 0 Å². The lowest BCUT2D eigenvalue weighted by molar-refractivity contribution is 0.546. The number of aryl methyl sites for hydroxylation is 2. The van der Waals surface area contributed by atoms with Crippen molar-refractivity contribution in [2.45, 2.75) is 33.2 Å². The number of benzene rings is 1. The van der Waals surface area contributed by atoms with Gasteiger partial charge in [0, 0.05) is 10.4 Å². The minimum Gasteiger partial charge on any atom is -0.306 e. The molecule has 0 bridgehead atoms. The summed E-state index contributed by atoms with van der Waals surface area (Å²) in [5.74, 6) is -0.136. The predicted octanol–water partition coefficient (Wildman–Crippen LogP) is 5.25. The van der Waals surface area contributed by atoms with Crippen molar-refractivity contribution in [2.75, 3.05) is 6.54 Å². The minimum absolute atomic E-state index is 0.133. The van der Waals surface area contributed by atoms with Gasteiger partial charge in [-0.15, -0.1) is 11.3 Å². The maximum atomic E-state index is 14.4. The van der Waals surface area contributed by atoms with Crippen LogP contribution in [0.25, 0.3) is 0 Å². The van der Waals surface area contributed by atoms with Crippen LogP contribution in [0, 0.1) is 19.7 Å². The Hall–Kier alpha value is -0.900. The van der Waals surface area contributed by atoms with Gasteiger partial charge in [0.15, 0.2) is 0 Å². The number of hydrogen-bond donors (Lipinski definition) is 1. The Balaban J connectivity index is 2.44. The van der Waals surface area contributed by atoms with Crippen LogP contribution < -0.4 is 5.32 Å². The number of rotatable bonds is 5. The smallest absolute Gasteiger partial charge is 0.131 e. The zero-order valence-corrected chi connectivity index (χ0v) is 13.5. The average Bonchev–Trinajstić information content (AvgIpc) is 2.74. The molecule has 4 heteroatoms. The molecule has 1 N–H and O–H groups in total. The van der Waals surface area contributed by atoms with E-state index in [-0.39, 0.29) is 11.9 Å². The zero-order valence-electron chi connectivity index (χ0n) is 12.0. The lowest BCUT2D eigenvalue weighted by Gasteiger charge is -2.19. The van der Waals surface area contributed by atoms with Crippen LogP contribution in [0.15, 0.2) is 24.3 Å². The third kappa shape index (κ3) is 3.22. The molecule has 2 aromatic rings. The van der Waals surface area contributed by atoms with Gasteiger partial charge in [-0.3, -0.25) is 0 Å². The highest BCUT2D eigenvalue weighted by Crippen LogP contribution is 2.35. The second kappa shape index (κ2) is 6.70. The average molecular weight is 312 g/mol. The third-order valence-electron chi connectivity index (χ3n) is 3.29. The lowest BCUT2D eigenvalue weighted by Crippen LogP contribution is -2.23. The van der Waals surface area contributed by atoms with E-state index in [0.717, 1.165) is 27.7 Å². The normalized spacial score (nSPS) is 12.7. The van der Waals surface area contributed by atoms with Crippen LogP contribution in [-0.4, -0.2) is 6.54 Å². The quantitative estimate of drug-likeness (QED) is 0.795. The van der Waals surface area contributed by atoms with Gasteiger partial charge in [-0.25, -0.2) is 4.39 Å². The van der Waals surface area contributed by atoms with E-state index in [1.807, 2.05) is 25.1 Å². The molecule has 2 rings (SSSR count). The molecule has 1 aromatic carbocycles. The van der Waals surface area contributed by atoms with Gasteiger partial charge in [-0.2, -0.15) is 0 Å². The molecule has 0 saturated carbocycles. The standard InChI is InChI=1S/C16H19ClFNS/c1-4-8-19-15(13-9-11(3)16(17)20-13)12-7-5-6-10(2)14(12)18/h5-7,9,15,19H,4,8H2,1-3H3. The summed E-state index contributed by atoms with van der Waals surface area (Å²) in [7, 11) is 0. The first-order chi connectivity index (χ1) is 9.54. The fourth-order valence-corrected chi connectivity index (χ4v) is 3.48. The van der Waals surface area contributed by atoms with Gasteiger partial charge in [0.25, 0.3) is 0 Å². The summed E-state index contributed by atoms with van der Waals surface area (Å²) in [5.41, 5.74) is 2.41. The number of nitrogens with one attached hydrogen (secondary N) is 1. The van der Waals surface area contributed by atoms with Gasteiger partial charge < -0.3 is 5.32 Å². The van der Waals surface area contributed by atoms with E-state index in [0.29, 0.717) is 11.1 Å². The van der Waals surface area contributed by atoms with E-state index < -0.39 is 0 Å². The van der Waals surface area contributed by atoms with Crippen LogP contribution in [0.1, 0.15) is 41.0 Å². The van der Waals surface area contributed by atoms with Crippen molar-refractivity contribution in [1.29, 1.82) is 0 Å². The third-order valence-corrected chi connectivity index (χ3v) is 4.91. The van der Waals surface area contributed by atoms with Crippen LogP contribution in [-0.2, 0) is 0 Å². The highest BCUT2D eigenvalue weighted by atomic mass is 35.5. The molecule has 0 spiro atoms. The summed E-state index contributed by atoms with van der Waals surface area (Å²) < 4.78 is 15.2. The highest BCUT2D eigenvalue weighted by Gasteiger charge is 2.20. The van der Waals surface area contributed by atoms with Crippen molar-refractivity contribution in [3.63, 3.8) is 0 Å². The molecule has 1 aromatic heterocycles.